The molecule has 0 radical (unpaired) electrons. The summed E-state index contributed by atoms with van der Waals surface area (Å²) in [5.74, 6) is -0.281. The van der Waals surface area contributed by atoms with Gasteiger partial charge in [0.1, 0.15) is 5.82 Å². The monoisotopic (exact) mass is 341 g/mol. The molecule has 1 aliphatic heterocycles. The van der Waals surface area contributed by atoms with Crippen LogP contribution in [-0.4, -0.2) is 47.4 Å². The topological polar surface area (TPSA) is 49.6 Å². The second-order valence-electron chi connectivity index (χ2n) is 6.44. The number of amides is 1. The van der Waals surface area contributed by atoms with Crippen molar-refractivity contribution in [2.75, 3.05) is 26.2 Å². The number of nitrogens with zero attached hydrogens (tertiary/aromatic N) is 2. The first-order valence-corrected chi connectivity index (χ1v) is 8.46. The van der Waals surface area contributed by atoms with Crippen molar-refractivity contribution in [1.29, 1.82) is 0 Å². The van der Waals surface area contributed by atoms with Crippen molar-refractivity contribution in [3.63, 3.8) is 0 Å². The van der Waals surface area contributed by atoms with Crippen molar-refractivity contribution in [3.8, 4) is 0 Å². The fourth-order valence-electron chi connectivity index (χ4n) is 3.00. The van der Waals surface area contributed by atoms with Crippen LogP contribution in [0.15, 0.2) is 18.2 Å². The third-order valence-electron chi connectivity index (χ3n) is 4.36. The highest BCUT2D eigenvalue weighted by Crippen LogP contribution is 2.22. The standard InChI is InChI=1S/C17H25ClFN3O/c1-3-7-17(2,20)16(23)22-10-8-21(9-11-22)12-13-14(18)5-4-6-15(13)19/h4-6H,3,7-12,20H2,1-2H3. The molecule has 1 amide bonds. The molecule has 1 aromatic carbocycles. The Balaban J connectivity index is 1.93. The number of rotatable bonds is 5. The molecule has 1 fully saturated rings. The summed E-state index contributed by atoms with van der Waals surface area (Å²) in [5.41, 5.74) is 5.85. The summed E-state index contributed by atoms with van der Waals surface area (Å²) in [6, 6.07) is 4.73. The lowest BCUT2D eigenvalue weighted by Crippen LogP contribution is -2.58. The lowest BCUT2D eigenvalue weighted by molar-refractivity contribution is -0.138. The van der Waals surface area contributed by atoms with E-state index >= 15 is 0 Å². The number of hydrogen-bond donors (Lipinski definition) is 1. The maximum atomic E-state index is 13.9. The Morgan fingerprint density at radius 2 is 2.00 bits per heavy atom. The van der Waals surface area contributed by atoms with Gasteiger partial charge in [-0.3, -0.25) is 9.69 Å². The molecule has 0 bridgehead atoms. The highest BCUT2D eigenvalue weighted by Gasteiger charge is 2.33. The second kappa shape index (κ2) is 7.60. The summed E-state index contributed by atoms with van der Waals surface area (Å²) in [7, 11) is 0. The van der Waals surface area contributed by atoms with Crippen LogP contribution in [0, 0.1) is 5.82 Å². The largest absolute Gasteiger partial charge is 0.339 e. The summed E-state index contributed by atoms with van der Waals surface area (Å²) < 4.78 is 13.9. The maximum Gasteiger partial charge on any atom is 0.242 e. The van der Waals surface area contributed by atoms with Gasteiger partial charge in [-0.15, -0.1) is 0 Å². The Hall–Kier alpha value is -1.17. The van der Waals surface area contributed by atoms with Crippen molar-refractivity contribution in [2.24, 2.45) is 5.73 Å². The zero-order chi connectivity index (χ0) is 17.0. The molecule has 1 atom stereocenters. The smallest absolute Gasteiger partial charge is 0.242 e. The van der Waals surface area contributed by atoms with Gasteiger partial charge in [0.15, 0.2) is 0 Å². The SMILES string of the molecule is CCCC(C)(N)C(=O)N1CCN(Cc2c(F)cccc2Cl)CC1. The minimum absolute atomic E-state index is 0.00271. The number of nitrogens with two attached hydrogens (primary N) is 1. The van der Waals surface area contributed by atoms with E-state index in [0.29, 0.717) is 49.7 Å². The van der Waals surface area contributed by atoms with Gasteiger partial charge < -0.3 is 10.6 Å². The van der Waals surface area contributed by atoms with Crippen LogP contribution in [0.5, 0.6) is 0 Å². The molecular formula is C17H25ClFN3O. The molecule has 0 spiro atoms. The summed E-state index contributed by atoms with van der Waals surface area (Å²) in [6.07, 6.45) is 1.56. The van der Waals surface area contributed by atoms with E-state index in [1.54, 1.807) is 19.1 Å². The highest BCUT2D eigenvalue weighted by atomic mass is 35.5. The molecule has 0 saturated carbocycles. The molecule has 1 heterocycles. The van der Waals surface area contributed by atoms with Crippen LogP contribution in [-0.2, 0) is 11.3 Å². The molecule has 4 nitrogen and oxygen atoms in total. The quantitative estimate of drug-likeness (QED) is 0.895. The Labute approximate surface area is 142 Å². The van der Waals surface area contributed by atoms with Gasteiger partial charge in [-0.25, -0.2) is 4.39 Å². The second-order valence-corrected chi connectivity index (χ2v) is 6.84. The molecule has 1 saturated heterocycles. The lowest BCUT2D eigenvalue weighted by atomic mass is 9.95. The van der Waals surface area contributed by atoms with Crippen LogP contribution in [0.2, 0.25) is 5.02 Å². The van der Waals surface area contributed by atoms with Gasteiger partial charge in [-0.05, 0) is 25.5 Å². The minimum atomic E-state index is -0.800. The average molecular weight is 342 g/mol. The Kier molecular flexibility index (Phi) is 6.00. The zero-order valence-corrected chi connectivity index (χ0v) is 14.6. The Morgan fingerprint density at radius 3 is 2.57 bits per heavy atom. The van der Waals surface area contributed by atoms with Crippen molar-refractivity contribution >= 4 is 17.5 Å². The summed E-state index contributed by atoms with van der Waals surface area (Å²) >= 11 is 6.07. The predicted octanol–water partition coefficient (Wildman–Crippen LogP) is 2.64. The Morgan fingerprint density at radius 1 is 1.35 bits per heavy atom. The van der Waals surface area contributed by atoms with Crippen LogP contribution in [0.4, 0.5) is 4.39 Å². The van der Waals surface area contributed by atoms with E-state index in [1.807, 2.05) is 11.8 Å². The lowest BCUT2D eigenvalue weighted by Gasteiger charge is -2.38. The van der Waals surface area contributed by atoms with E-state index in [9.17, 15) is 9.18 Å². The molecule has 23 heavy (non-hydrogen) atoms. The average Bonchev–Trinajstić information content (AvgIpc) is 2.51. The highest BCUT2D eigenvalue weighted by molar-refractivity contribution is 6.31. The molecule has 2 N–H and O–H groups in total. The normalized spacial score (nSPS) is 18.7. The van der Waals surface area contributed by atoms with E-state index in [1.165, 1.54) is 6.07 Å². The van der Waals surface area contributed by atoms with E-state index in [-0.39, 0.29) is 11.7 Å². The molecular weight excluding hydrogens is 317 g/mol. The van der Waals surface area contributed by atoms with E-state index < -0.39 is 5.54 Å². The van der Waals surface area contributed by atoms with Gasteiger partial charge in [0.25, 0.3) is 0 Å². The first kappa shape index (κ1) is 18.2. The van der Waals surface area contributed by atoms with Gasteiger partial charge in [0.2, 0.25) is 5.91 Å². The summed E-state index contributed by atoms with van der Waals surface area (Å²) in [5, 5.41) is 0.445. The number of carbonyl (C=O) groups is 1. The van der Waals surface area contributed by atoms with E-state index in [2.05, 4.69) is 4.90 Å². The van der Waals surface area contributed by atoms with Crippen LogP contribution in [0.3, 0.4) is 0 Å². The first-order valence-electron chi connectivity index (χ1n) is 8.08. The van der Waals surface area contributed by atoms with Crippen LogP contribution in [0.1, 0.15) is 32.3 Å². The number of piperazine rings is 1. The third kappa shape index (κ3) is 4.43. The van der Waals surface area contributed by atoms with Gasteiger partial charge in [-0.2, -0.15) is 0 Å². The Bertz CT molecular complexity index is 537. The zero-order valence-electron chi connectivity index (χ0n) is 13.8. The van der Waals surface area contributed by atoms with Gasteiger partial charge in [-0.1, -0.05) is 31.0 Å². The number of hydrogen-bond acceptors (Lipinski definition) is 3. The van der Waals surface area contributed by atoms with Crippen molar-refractivity contribution in [2.45, 2.75) is 38.8 Å². The van der Waals surface area contributed by atoms with Crippen LogP contribution < -0.4 is 5.73 Å². The first-order chi connectivity index (χ1) is 10.8. The van der Waals surface area contributed by atoms with Gasteiger partial charge in [0.05, 0.1) is 5.54 Å². The minimum Gasteiger partial charge on any atom is -0.339 e. The fourth-order valence-corrected chi connectivity index (χ4v) is 3.23. The molecule has 1 aliphatic rings. The number of halogens is 2. The van der Waals surface area contributed by atoms with E-state index in [0.717, 1.165) is 6.42 Å². The molecule has 128 valence electrons. The number of benzene rings is 1. The molecule has 2 rings (SSSR count). The van der Waals surface area contributed by atoms with Crippen molar-refractivity contribution in [3.05, 3.63) is 34.6 Å². The summed E-state index contributed by atoms with van der Waals surface area (Å²) in [4.78, 5) is 16.4. The molecule has 0 aromatic heterocycles. The van der Waals surface area contributed by atoms with Gasteiger partial charge in [0, 0.05) is 43.3 Å². The fraction of sp³-hybridized carbons (Fsp3) is 0.588. The van der Waals surface area contributed by atoms with Crippen LogP contribution >= 0.6 is 11.6 Å². The van der Waals surface area contributed by atoms with Gasteiger partial charge >= 0.3 is 0 Å². The molecule has 0 aliphatic carbocycles. The number of carbonyl (C=O) groups excluding carboxylic acids is 1. The van der Waals surface area contributed by atoms with Crippen molar-refractivity contribution < 1.29 is 9.18 Å². The molecule has 1 unspecified atom stereocenters. The third-order valence-corrected chi connectivity index (χ3v) is 4.71. The summed E-state index contributed by atoms with van der Waals surface area (Å²) in [6.45, 7) is 6.89. The molecule has 6 heteroatoms. The maximum absolute atomic E-state index is 13.9. The van der Waals surface area contributed by atoms with Crippen molar-refractivity contribution in [1.82, 2.24) is 9.80 Å². The van der Waals surface area contributed by atoms with E-state index in [4.69, 9.17) is 17.3 Å². The molecule has 1 aromatic rings. The van der Waals surface area contributed by atoms with Crippen LogP contribution in [0.25, 0.3) is 0 Å². The predicted molar refractivity (Wildman–Crippen MR) is 90.8 cm³/mol.